The smallest absolute Gasteiger partial charge is 0.411 e. The van der Waals surface area contributed by atoms with Crippen molar-refractivity contribution in [3.05, 3.63) is 89.5 Å². The lowest BCUT2D eigenvalue weighted by Crippen LogP contribution is -2.43. The maximum Gasteiger partial charge on any atom is 0.411 e. The third-order valence-corrected chi connectivity index (χ3v) is 7.72. The van der Waals surface area contributed by atoms with Gasteiger partial charge < -0.3 is 19.5 Å². The second-order valence-corrected chi connectivity index (χ2v) is 12.0. The van der Waals surface area contributed by atoms with Crippen LogP contribution in [0.2, 0.25) is 0 Å². The van der Waals surface area contributed by atoms with E-state index >= 15 is 0 Å². The number of amides is 3. The van der Waals surface area contributed by atoms with E-state index in [4.69, 9.17) is 14.2 Å². The minimum absolute atomic E-state index is 0.0546. The van der Waals surface area contributed by atoms with Crippen LogP contribution in [-0.2, 0) is 20.6 Å². The highest BCUT2D eigenvalue weighted by Gasteiger charge is 2.39. The van der Waals surface area contributed by atoms with Gasteiger partial charge in [-0.3, -0.25) is 10.2 Å². The lowest BCUT2D eigenvalue weighted by molar-refractivity contribution is 0.0162. The van der Waals surface area contributed by atoms with Crippen LogP contribution in [0.3, 0.4) is 0 Å². The summed E-state index contributed by atoms with van der Waals surface area (Å²) >= 11 is 0. The van der Waals surface area contributed by atoms with Crippen molar-refractivity contribution < 1.29 is 28.6 Å². The van der Waals surface area contributed by atoms with Crippen molar-refractivity contribution in [1.82, 2.24) is 10.2 Å². The van der Waals surface area contributed by atoms with Crippen LogP contribution < -0.4 is 10.6 Å². The van der Waals surface area contributed by atoms with Gasteiger partial charge in [0.2, 0.25) is 0 Å². The topological polar surface area (TPSA) is 106 Å². The number of aryl methyl sites for hydroxylation is 1. The molecule has 226 valence electrons. The van der Waals surface area contributed by atoms with Gasteiger partial charge in [0, 0.05) is 18.2 Å². The van der Waals surface area contributed by atoms with Gasteiger partial charge in [-0.05, 0) is 73.6 Å². The largest absolute Gasteiger partial charge is 0.449 e. The number of carbonyl (C=O) groups is 3. The van der Waals surface area contributed by atoms with Gasteiger partial charge in [-0.25, -0.2) is 14.4 Å². The first-order valence-corrected chi connectivity index (χ1v) is 14.7. The molecule has 9 heteroatoms. The third kappa shape index (κ3) is 7.28. The Bertz CT molecular complexity index is 1420. The van der Waals surface area contributed by atoms with E-state index < -0.39 is 36.0 Å². The molecule has 0 saturated carbocycles. The number of fused-ring (bicyclic) bond motifs is 3. The SMILES string of the molecule is CCc1ccc(NC(=O)OCC2CC(NC(=O)OCC3c4ccccc4-c4ccccc43)CN2C(=O)OC(C)(C)C)cc1. The number of alkyl carbamates (subject to hydrolysis) is 1. The maximum atomic E-state index is 13.0. The molecule has 1 aliphatic carbocycles. The molecule has 3 aromatic rings. The fourth-order valence-corrected chi connectivity index (χ4v) is 5.68. The summed E-state index contributed by atoms with van der Waals surface area (Å²) in [5.41, 5.74) is 5.64. The molecule has 2 atom stereocenters. The van der Waals surface area contributed by atoms with Crippen LogP contribution in [0.4, 0.5) is 20.1 Å². The number of rotatable bonds is 7. The third-order valence-electron chi connectivity index (χ3n) is 7.72. The van der Waals surface area contributed by atoms with Gasteiger partial charge in [0.15, 0.2) is 0 Å². The fraction of sp³-hybridized carbons (Fsp3) is 0.382. The molecule has 0 spiro atoms. The van der Waals surface area contributed by atoms with E-state index in [1.165, 1.54) is 4.90 Å². The molecule has 1 aliphatic heterocycles. The molecule has 2 unspecified atom stereocenters. The standard InChI is InChI=1S/C34H39N3O6/c1-5-22-14-16-23(17-15-22)35-31(38)41-20-25-18-24(19-37(25)33(40)43-34(2,3)4)36-32(39)42-21-30-28-12-8-6-10-26(28)27-11-7-9-13-29(27)30/h6-17,24-25,30H,5,18-21H2,1-4H3,(H,35,38)(H,36,39). The highest BCUT2D eigenvalue weighted by Crippen LogP contribution is 2.44. The average molecular weight is 586 g/mol. The molecular weight excluding hydrogens is 546 g/mol. The molecule has 43 heavy (non-hydrogen) atoms. The van der Waals surface area contributed by atoms with Crippen LogP contribution >= 0.6 is 0 Å². The van der Waals surface area contributed by atoms with Gasteiger partial charge in [-0.1, -0.05) is 67.6 Å². The van der Waals surface area contributed by atoms with Crippen LogP contribution in [0.25, 0.3) is 11.1 Å². The van der Waals surface area contributed by atoms with Gasteiger partial charge in [0.25, 0.3) is 0 Å². The summed E-state index contributed by atoms with van der Waals surface area (Å²) < 4.78 is 16.8. The molecule has 0 aromatic heterocycles. The number of hydrogen-bond acceptors (Lipinski definition) is 6. The van der Waals surface area contributed by atoms with Crippen LogP contribution in [0.1, 0.15) is 56.7 Å². The van der Waals surface area contributed by atoms with E-state index in [0.717, 1.165) is 34.2 Å². The number of anilines is 1. The molecule has 1 fully saturated rings. The molecule has 9 nitrogen and oxygen atoms in total. The normalized spacial score (nSPS) is 17.5. The number of hydrogen-bond donors (Lipinski definition) is 2. The van der Waals surface area contributed by atoms with E-state index in [1.807, 2.05) is 48.5 Å². The van der Waals surface area contributed by atoms with Gasteiger partial charge in [-0.15, -0.1) is 0 Å². The summed E-state index contributed by atoms with van der Waals surface area (Å²) in [4.78, 5) is 40.0. The zero-order valence-corrected chi connectivity index (χ0v) is 25.1. The average Bonchev–Trinajstić information content (AvgIpc) is 3.53. The van der Waals surface area contributed by atoms with Gasteiger partial charge in [0.1, 0.15) is 18.8 Å². The molecule has 3 amide bonds. The van der Waals surface area contributed by atoms with Crippen LogP contribution in [0, 0.1) is 0 Å². The highest BCUT2D eigenvalue weighted by molar-refractivity contribution is 5.84. The lowest BCUT2D eigenvalue weighted by atomic mass is 9.98. The monoisotopic (exact) mass is 585 g/mol. The number of nitrogens with one attached hydrogen (secondary N) is 2. The first-order valence-electron chi connectivity index (χ1n) is 14.7. The zero-order valence-electron chi connectivity index (χ0n) is 25.1. The second-order valence-electron chi connectivity index (χ2n) is 12.0. The van der Waals surface area contributed by atoms with Crippen LogP contribution in [-0.4, -0.2) is 60.6 Å². The Morgan fingerprint density at radius 2 is 1.44 bits per heavy atom. The van der Waals surface area contributed by atoms with E-state index in [-0.39, 0.29) is 25.7 Å². The quantitative estimate of drug-likeness (QED) is 0.299. The Labute approximate surface area is 252 Å². The van der Waals surface area contributed by atoms with Crippen molar-refractivity contribution in [2.24, 2.45) is 0 Å². The van der Waals surface area contributed by atoms with Gasteiger partial charge in [0.05, 0.1) is 12.1 Å². The molecule has 1 saturated heterocycles. The molecule has 2 N–H and O–H groups in total. The first kappa shape index (κ1) is 29.9. The van der Waals surface area contributed by atoms with E-state index in [0.29, 0.717) is 12.1 Å². The highest BCUT2D eigenvalue weighted by atomic mass is 16.6. The summed E-state index contributed by atoms with van der Waals surface area (Å²) in [5, 5.41) is 5.61. The van der Waals surface area contributed by atoms with Crippen molar-refractivity contribution in [2.75, 3.05) is 25.1 Å². The van der Waals surface area contributed by atoms with Crippen LogP contribution in [0.5, 0.6) is 0 Å². The van der Waals surface area contributed by atoms with E-state index in [2.05, 4.69) is 41.8 Å². The summed E-state index contributed by atoms with van der Waals surface area (Å²) in [7, 11) is 0. The number of nitrogens with zero attached hydrogens (tertiary/aromatic N) is 1. The van der Waals surface area contributed by atoms with Gasteiger partial charge >= 0.3 is 18.3 Å². The van der Waals surface area contributed by atoms with Crippen molar-refractivity contribution >= 4 is 24.0 Å². The van der Waals surface area contributed by atoms with Crippen molar-refractivity contribution in [3.8, 4) is 11.1 Å². The second kappa shape index (κ2) is 12.8. The minimum atomic E-state index is -0.706. The number of likely N-dealkylation sites (tertiary alicyclic amines) is 1. The Kier molecular flexibility index (Phi) is 8.89. The summed E-state index contributed by atoms with van der Waals surface area (Å²) in [6.45, 7) is 7.76. The van der Waals surface area contributed by atoms with E-state index in [1.54, 1.807) is 20.8 Å². The van der Waals surface area contributed by atoms with Crippen molar-refractivity contribution in [1.29, 1.82) is 0 Å². The van der Waals surface area contributed by atoms with Gasteiger partial charge in [-0.2, -0.15) is 0 Å². The molecule has 0 bridgehead atoms. The maximum absolute atomic E-state index is 13.0. The van der Waals surface area contributed by atoms with Crippen molar-refractivity contribution in [3.63, 3.8) is 0 Å². The first-order chi connectivity index (χ1) is 20.6. The Morgan fingerprint density at radius 1 is 0.837 bits per heavy atom. The molecule has 5 rings (SSSR count). The molecule has 2 aliphatic rings. The Morgan fingerprint density at radius 3 is 2.05 bits per heavy atom. The molecule has 3 aromatic carbocycles. The minimum Gasteiger partial charge on any atom is -0.449 e. The summed E-state index contributed by atoms with van der Waals surface area (Å²) in [5.74, 6) is -0.0576. The summed E-state index contributed by atoms with van der Waals surface area (Å²) in [6.07, 6.45) is -0.444. The predicted molar refractivity (Wildman–Crippen MR) is 164 cm³/mol. The molecule has 0 radical (unpaired) electrons. The molecular formula is C34H39N3O6. The van der Waals surface area contributed by atoms with Crippen molar-refractivity contribution in [2.45, 2.75) is 64.1 Å². The zero-order chi connectivity index (χ0) is 30.6. The van der Waals surface area contributed by atoms with Crippen LogP contribution in [0.15, 0.2) is 72.8 Å². The number of carbonyl (C=O) groups excluding carboxylic acids is 3. The number of ether oxygens (including phenoxy) is 3. The summed E-state index contributed by atoms with van der Waals surface area (Å²) in [6, 6.07) is 22.9. The predicted octanol–water partition coefficient (Wildman–Crippen LogP) is 6.71. The molecule has 1 heterocycles. The Balaban J connectivity index is 1.18. The van der Waals surface area contributed by atoms with E-state index in [9.17, 15) is 14.4 Å². The number of benzene rings is 3. The lowest BCUT2D eigenvalue weighted by Gasteiger charge is -2.28. The fourth-order valence-electron chi connectivity index (χ4n) is 5.68. The Hall–Kier alpha value is -4.53.